The predicted molar refractivity (Wildman–Crippen MR) is 93.1 cm³/mol. The largest absolute Gasteiger partial charge is 0.463 e. The highest BCUT2D eigenvalue weighted by Gasteiger charge is 2.32. The Labute approximate surface area is 150 Å². The summed E-state index contributed by atoms with van der Waals surface area (Å²) in [5, 5.41) is 14.8. The van der Waals surface area contributed by atoms with Crippen molar-refractivity contribution in [1.82, 2.24) is 25.4 Å². The summed E-state index contributed by atoms with van der Waals surface area (Å²) in [6.45, 7) is 3.98. The maximum absolute atomic E-state index is 12.4. The minimum absolute atomic E-state index is 0.293. The number of thioether (sulfide) groups is 1. The maximum Gasteiger partial charge on any atom is 0.337 e. The van der Waals surface area contributed by atoms with Crippen LogP contribution in [0.2, 0.25) is 0 Å². The standard InChI is InChI=1S/C16H23N5O3S/c1-4-10-12(14(22)24-5-2)11(18-15(23)17-10)8-25-16-20-19-13(21(16)3)9-6-7-9/h9-10H,4-8H2,1-3H3,(H2,17,18,23)/t10-/m0/s1. The minimum Gasteiger partial charge on any atom is -0.463 e. The van der Waals surface area contributed by atoms with Crippen molar-refractivity contribution in [2.75, 3.05) is 12.4 Å². The third-order valence-corrected chi connectivity index (χ3v) is 5.35. The first kappa shape index (κ1) is 17.8. The molecule has 0 unspecified atom stereocenters. The van der Waals surface area contributed by atoms with Gasteiger partial charge in [0.1, 0.15) is 5.82 Å². The Bertz CT molecular complexity index is 711. The summed E-state index contributed by atoms with van der Waals surface area (Å²) in [6.07, 6.45) is 2.94. The van der Waals surface area contributed by atoms with Gasteiger partial charge in [-0.15, -0.1) is 10.2 Å². The molecular formula is C16H23N5O3S. The van der Waals surface area contributed by atoms with E-state index >= 15 is 0 Å². The number of esters is 1. The predicted octanol–water partition coefficient (Wildman–Crippen LogP) is 1.69. The van der Waals surface area contributed by atoms with E-state index in [0.717, 1.165) is 23.8 Å². The van der Waals surface area contributed by atoms with Crippen molar-refractivity contribution in [1.29, 1.82) is 0 Å². The van der Waals surface area contributed by atoms with Crippen LogP contribution in [0.5, 0.6) is 0 Å². The molecule has 1 aliphatic heterocycles. The summed E-state index contributed by atoms with van der Waals surface area (Å²) in [5.41, 5.74) is 1.07. The first-order valence-corrected chi connectivity index (χ1v) is 9.53. The van der Waals surface area contributed by atoms with Crippen molar-refractivity contribution in [3.63, 3.8) is 0 Å². The van der Waals surface area contributed by atoms with Crippen molar-refractivity contribution >= 4 is 23.8 Å². The zero-order valence-electron chi connectivity index (χ0n) is 14.7. The van der Waals surface area contributed by atoms with Crippen LogP contribution >= 0.6 is 11.8 Å². The van der Waals surface area contributed by atoms with Crippen LogP contribution in [0.15, 0.2) is 16.4 Å². The van der Waals surface area contributed by atoms with Crippen LogP contribution in [0.1, 0.15) is 44.9 Å². The van der Waals surface area contributed by atoms with E-state index in [1.807, 2.05) is 18.5 Å². The van der Waals surface area contributed by atoms with Gasteiger partial charge < -0.3 is 19.9 Å². The van der Waals surface area contributed by atoms with Crippen molar-refractivity contribution in [3.8, 4) is 0 Å². The van der Waals surface area contributed by atoms with Gasteiger partial charge in [-0.05, 0) is 26.2 Å². The van der Waals surface area contributed by atoms with Crippen LogP contribution in [0.4, 0.5) is 4.79 Å². The van der Waals surface area contributed by atoms with Gasteiger partial charge in [-0.1, -0.05) is 18.7 Å². The Balaban J connectivity index is 1.80. The lowest BCUT2D eigenvalue weighted by Crippen LogP contribution is -2.50. The van der Waals surface area contributed by atoms with Gasteiger partial charge in [-0.3, -0.25) is 0 Å². The Kier molecular flexibility index (Phi) is 5.31. The molecule has 1 saturated carbocycles. The second kappa shape index (κ2) is 7.47. The van der Waals surface area contributed by atoms with Gasteiger partial charge in [0, 0.05) is 24.4 Å². The number of carbonyl (C=O) groups is 2. The van der Waals surface area contributed by atoms with E-state index < -0.39 is 5.97 Å². The zero-order valence-corrected chi connectivity index (χ0v) is 15.5. The van der Waals surface area contributed by atoms with Crippen LogP contribution in [-0.2, 0) is 16.6 Å². The lowest BCUT2D eigenvalue weighted by atomic mass is 10.0. The Hall–Kier alpha value is -2.03. The molecule has 0 spiro atoms. The first-order valence-electron chi connectivity index (χ1n) is 8.54. The van der Waals surface area contributed by atoms with Gasteiger partial charge >= 0.3 is 12.0 Å². The number of aromatic nitrogens is 3. The number of nitrogens with zero attached hydrogens (tertiary/aromatic N) is 3. The van der Waals surface area contributed by atoms with Crippen LogP contribution in [0, 0.1) is 0 Å². The molecule has 2 heterocycles. The van der Waals surface area contributed by atoms with E-state index in [9.17, 15) is 9.59 Å². The number of hydrogen-bond acceptors (Lipinski definition) is 6. The Morgan fingerprint density at radius 2 is 2.12 bits per heavy atom. The third-order valence-electron chi connectivity index (χ3n) is 4.30. The topological polar surface area (TPSA) is 98.1 Å². The summed E-state index contributed by atoms with van der Waals surface area (Å²) < 4.78 is 7.16. The van der Waals surface area contributed by atoms with Crippen LogP contribution in [0.3, 0.4) is 0 Å². The van der Waals surface area contributed by atoms with Crippen molar-refractivity contribution < 1.29 is 14.3 Å². The van der Waals surface area contributed by atoms with Gasteiger partial charge in [-0.25, -0.2) is 9.59 Å². The molecule has 8 nitrogen and oxygen atoms in total. The van der Waals surface area contributed by atoms with Crippen molar-refractivity contribution in [2.45, 2.75) is 50.2 Å². The molecule has 1 fully saturated rings. The molecule has 1 aliphatic carbocycles. The van der Waals surface area contributed by atoms with Gasteiger partial charge in [0.15, 0.2) is 5.16 Å². The fourth-order valence-corrected chi connectivity index (χ4v) is 3.75. The quantitative estimate of drug-likeness (QED) is 0.564. The van der Waals surface area contributed by atoms with E-state index in [1.165, 1.54) is 11.8 Å². The smallest absolute Gasteiger partial charge is 0.337 e. The maximum atomic E-state index is 12.4. The lowest BCUT2D eigenvalue weighted by Gasteiger charge is -2.28. The molecule has 1 aromatic rings. The third kappa shape index (κ3) is 3.81. The molecule has 9 heteroatoms. The summed E-state index contributed by atoms with van der Waals surface area (Å²) in [7, 11) is 1.95. The minimum atomic E-state index is -0.394. The van der Waals surface area contributed by atoms with E-state index in [0.29, 0.717) is 36.0 Å². The van der Waals surface area contributed by atoms with Gasteiger partial charge in [0.2, 0.25) is 0 Å². The number of urea groups is 1. The summed E-state index contributed by atoms with van der Waals surface area (Å²) in [5.74, 6) is 1.55. The van der Waals surface area contributed by atoms with Crippen LogP contribution in [-0.4, -0.2) is 45.2 Å². The molecule has 1 atom stereocenters. The highest BCUT2D eigenvalue weighted by atomic mass is 32.2. The van der Waals surface area contributed by atoms with Crippen LogP contribution < -0.4 is 10.6 Å². The average molecular weight is 365 g/mol. The SMILES string of the molecule is CCOC(=O)C1=C(CSc2nnc(C3CC3)n2C)NC(=O)N[C@H]1CC. The number of rotatable bonds is 7. The van der Waals surface area contributed by atoms with E-state index in [1.54, 1.807) is 6.92 Å². The molecule has 2 aliphatic rings. The Morgan fingerprint density at radius 3 is 2.76 bits per heavy atom. The number of carbonyl (C=O) groups excluding carboxylic acids is 2. The second-order valence-corrected chi connectivity index (χ2v) is 7.08. The van der Waals surface area contributed by atoms with Gasteiger partial charge in [0.05, 0.1) is 18.2 Å². The molecule has 0 aromatic carbocycles. The molecule has 2 N–H and O–H groups in total. The lowest BCUT2D eigenvalue weighted by molar-refractivity contribution is -0.139. The number of ether oxygens (including phenoxy) is 1. The summed E-state index contributed by atoms with van der Waals surface area (Å²) in [6, 6.07) is -0.642. The zero-order chi connectivity index (χ0) is 18.0. The molecule has 136 valence electrons. The number of hydrogen-bond donors (Lipinski definition) is 2. The molecular weight excluding hydrogens is 342 g/mol. The fourth-order valence-electron chi connectivity index (χ4n) is 2.86. The summed E-state index contributed by atoms with van der Waals surface area (Å²) >= 11 is 1.45. The van der Waals surface area contributed by atoms with Crippen molar-refractivity contribution in [2.24, 2.45) is 7.05 Å². The Morgan fingerprint density at radius 1 is 1.36 bits per heavy atom. The normalized spacial score (nSPS) is 20.3. The highest BCUT2D eigenvalue weighted by Crippen LogP contribution is 2.39. The molecule has 2 amide bonds. The average Bonchev–Trinajstić information content (AvgIpc) is 3.36. The molecule has 3 rings (SSSR count). The molecule has 0 saturated heterocycles. The molecule has 0 radical (unpaired) electrons. The fraction of sp³-hybridized carbons (Fsp3) is 0.625. The van der Waals surface area contributed by atoms with Crippen molar-refractivity contribution in [3.05, 3.63) is 17.1 Å². The number of nitrogens with one attached hydrogen (secondary N) is 2. The van der Waals surface area contributed by atoms with Crippen LogP contribution in [0.25, 0.3) is 0 Å². The number of amides is 2. The molecule has 0 bridgehead atoms. The van der Waals surface area contributed by atoms with E-state index in [4.69, 9.17) is 4.74 Å². The monoisotopic (exact) mass is 365 g/mol. The highest BCUT2D eigenvalue weighted by molar-refractivity contribution is 7.99. The van der Waals surface area contributed by atoms with Gasteiger partial charge in [-0.2, -0.15) is 0 Å². The van der Waals surface area contributed by atoms with E-state index in [-0.39, 0.29) is 12.1 Å². The van der Waals surface area contributed by atoms with Gasteiger partial charge in [0.25, 0.3) is 0 Å². The van der Waals surface area contributed by atoms with E-state index in [2.05, 4.69) is 20.8 Å². The molecule has 25 heavy (non-hydrogen) atoms. The molecule has 1 aromatic heterocycles. The first-order chi connectivity index (χ1) is 12.0. The summed E-state index contributed by atoms with van der Waals surface area (Å²) in [4.78, 5) is 24.2. The second-order valence-electron chi connectivity index (χ2n) is 6.13.